The Labute approximate surface area is 170 Å². The Morgan fingerprint density at radius 1 is 1.20 bits per heavy atom. The molecular formula is C21H19N3O6. The maximum absolute atomic E-state index is 12.3. The summed E-state index contributed by atoms with van der Waals surface area (Å²) in [5.74, 6) is -3.60. The molecule has 1 aromatic carbocycles. The predicted molar refractivity (Wildman–Crippen MR) is 105 cm³/mol. The number of hydrogen-bond donors (Lipinski definition) is 2. The van der Waals surface area contributed by atoms with Crippen LogP contribution in [0.5, 0.6) is 0 Å². The number of fused-ring (bicyclic) bond motifs is 4. The molecule has 1 fully saturated rings. The second-order valence-electron chi connectivity index (χ2n) is 7.73. The zero-order valence-electron chi connectivity index (χ0n) is 16.4. The number of H-pyrrole nitrogens is 1. The first kappa shape index (κ1) is 18.4. The number of ether oxygens (including phenoxy) is 2. The Morgan fingerprint density at radius 3 is 2.63 bits per heavy atom. The number of furan rings is 1. The van der Waals surface area contributed by atoms with Crippen LogP contribution in [0.4, 0.5) is 5.69 Å². The zero-order chi connectivity index (χ0) is 21.0. The molecule has 154 valence electrons. The topological polar surface area (TPSA) is 114 Å². The third-order valence-corrected chi connectivity index (χ3v) is 5.65. The third kappa shape index (κ3) is 2.78. The van der Waals surface area contributed by atoms with Crippen molar-refractivity contribution in [3.63, 3.8) is 0 Å². The Kier molecular flexibility index (Phi) is 3.97. The molecule has 9 heteroatoms. The first-order valence-electron chi connectivity index (χ1n) is 9.49. The minimum Gasteiger partial charge on any atom is -0.459 e. The number of carbonyl (C=O) groups excluding carboxylic acids is 3. The van der Waals surface area contributed by atoms with Gasteiger partial charge in [0.1, 0.15) is 5.69 Å². The van der Waals surface area contributed by atoms with Crippen LogP contribution in [0, 0.1) is 0 Å². The number of nitrogens with zero attached hydrogens (tertiary/aromatic N) is 1. The molecule has 3 heterocycles. The lowest BCUT2D eigenvalue weighted by Gasteiger charge is -2.37. The number of carbonyl (C=O) groups is 3. The summed E-state index contributed by atoms with van der Waals surface area (Å²) in [6, 6.07) is 8.63. The van der Waals surface area contributed by atoms with Crippen LogP contribution in [0.2, 0.25) is 0 Å². The third-order valence-electron chi connectivity index (χ3n) is 5.65. The van der Waals surface area contributed by atoms with Crippen LogP contribution < -0.4 is 5.32 Å². The molecule has 1 unspecified atom stereocenters. The predicted octanol–water partition coefficient (Wildman–Crippen LogP) is 2.14. The number of hydrogen-bond acceptors (Lipinski definition) is 7. The van der Waals surface area contributed by atoms with Gasteiger partial charge in [0.2, 0.25) is 0 Å². The summed E-state index contributed by atoms with van der Waals surface area (Å²) in [5.41, 5.74) is 2.82. The molecule has 0 bridgehead atoms. The molecule has 1 atom stereocenters. The number of amides is 1. The number of likely N-dealkylation sites (N-methyl/N-ethyl adjacent to an activating group) is 1. The molecule has 3 aromatic rings. The number of rotatable bonds is 3. The highest BCUT2D eigenvalue weighted by Crippen LogP contribution is 2.46. The van der Waals surface area contributed by atoms with Crippen molar-refractivity contribution in [2.45, 2.75) is 24.7 Å². The molecule has 2 aromatic heterocycles. The second-order valence-corrected chi connectivity index (χ2v) is 7.73. The molecule has 1 amide bonds. The Balaban J connectivity index is 1.58. The van der Waals surface area contributed by atoms with Gasteiger partial charge in [-0.3, -0.25) is 4.79 Å². The second kappa shape index (κ2) is 6.46. The van der Waals surface area contributed by atoms with E-state index in [4.69, 9.17) is 13.9 Å². The quantitative estimate of drug-likeness (QED) is 0.503. The van der Waals surface area contributed by atoms with Crippen LogP contribution in [0.1, 0.15) is 28.2 Å². The fourth-order valence-electron chi connectivity index (χ4n) is 4.14. The van der Waals surface area contributed by atoms with Gasteiger partial charge in [-0.05, 0) is 56.4 Å². The van der Waals surface area contributed by atoms with E-state index >= 15 is 0 Å². The van der Waals surface area contributed by atoms with Crippen molar-refractivity contribution in [2.75, 3.05) is 19.4 Å². The van der Waals surface area contributed by atoms with Crippen molar-refractivity contribution < 1.29 is 28.3 Å². The lowest BCUT2D eigenvalue weighted by molar-refractivity contribution is -0.196. The average Bonchev–Trinajstić information content (AvgIpc) is 3.41. The maximum atomic E-state index is 12.3. The molecular weight excluding hydrogens is 390 g/mol. The first-order valence-corrected chi connectivity index (χ1v) is 9.49. The van der Waals surface area contributed by atoms with Crippen LogP contribution in [-0.4, -0.2) is 47.9 Å². The number of aromatic nitrogens is 1. The van der Waals surface area contributed by atoms with Gasteiger partial charge in [-0.2, -0.15) is 0 Å². The first-order chi connectivity index (χ1) is 14.4. The summed E-state index contributed by atoms with van der Waals surface area (Å²) in [6.07, 6.45) is 2.43. The van der Waals surface area contributed by atoms with E-state index in [0.29, 0.717) is 24.2 Å². The summed E-state index contributed by atoms with van der Waals surface area (Å²) in [4.78, 5) is 41.3. The standard InChI is InChI=1S/C21H19N3O6/c1-24(2)12-9-14-13-8-11(22-18(25)16-4-3-7-28-16)5-6-15(13)23-17(14)21(10-12)29-19(26)20(27)30-21/h3-8,12,23H,9-10H2,1-2H3,(H,22,25). The van der Waals surface area contributed by atoms with Crippen molar-refractivity contribution in [3.8, 4) is 0 Å². The van der Waals surface area contributed by atoms with Gasteiger partial charge in [0, 0.05) is 29.1 Å². The maximum Gasteiger partial charge on any atom is 0.421 e. The van der Waals surface area contributed by atoms with Gasteiger partial charge in [-0.1, -0.05) is 0 Å². The zero-order valence-corrected chi connectivity index (χ0v) is 16.4. The number of anilines is 1. The van der Waals surface area contributed by atoms with Crippen molar-refractivity contribution in [3.05, 3.63) is 53.6 Å². The van der Waals surface area contributed by atoms with Crippen molar-refractivity contribution in [1.29, 1.82) is 0 Å². The monoisotopic (exact) mass is 409 g/mol. The van der Waals surface area contributed by atoms with Gasteiger partial charge in [0.15, 0.2) is 5.76 Å². The molecule has 30 heavy (non-hydrogen) atoms. The van der Waals surface area contributed by atoms with E-state index in [1.807, 2.05) is 31.1 Å². The largest absolute Gasteiger partial charge is 0.459 e. The van der Waals surface area contributed by atoms with Crippen LogP contribution in [0.3, 0.4) is 0 Å². The van der Waals surface area contributed by atoms with Gasteiger partial charge < -0.3 is 29.1 Å². The molecule has 1 aliphatic carbocycles. The number of esters is 2. The molecule has 5 rings (SSSR count). The lowest BCUT2D eigenvalue weighted by atomic mass is 9.86. The van der Waals surface area contributed by atoms with Crippen molar-refractivity contribution in [1.82, 2.24) is 9.88 Å². The Hall–Kier alpha value is -3.59. The van der Waals surface area contributed by atoms with Gasteiger partial charge in [0.05, 0.1) is 6.26 Å². The van der Waals surface area contributed by atoms with Crippen LogP contribution in [-0.2, 0) is 31.3 Å². The smallest absolute Gasteiger partial charge is 0.421 e. The fraction of sp³-hybridized carbons (Fsp3) is 0.286. The molecule has 0 saturated carbocycles. The normalized spacial score (nSPS) is 19.8. The van der Waals surface area contributed by atoms with Gasteiger partial charge in [0.25, 0.3) is 5.91 Å². The highest BCUT2D eigenvalue weighted by Gasteiger charge is 2.56. The fourth-order valence-corrected chi connectivity index (χ4v) is 4.14. The summed E-state index contributed by atoms with van der Waals surface area (Å²) in [5, 5.41) is 3.67. The molecule has 2 aliphatic rings. The molecule has 0 radical (unpaired) electrons. The number of aromatic amines is 1. The van der Waals surface area contributed by atoms with E-state index in [-0.39, 0.29) is 17.7 Å². The van der Waals surface area contributed by atoms with E-state index in [9.17, 15) is 14.4 Å². The molecule has 1 spiro atoms. The number of benzene rings is 1. The van der Waals surface area contributed by atoms with Gasteiger partial charge in [-0.15, -0.1) is 0 Å². The SMILES string of the molecule is CN(C)C1Cc2c([nH]c3ccc(NC(=O)c4ccco4)cc23)C2(C1)OC(=O)C(=O)O2. The molecule has 1 saturated heterocycles. The highest BCUT2D eigenvalue weighted by atomic mass is 16.8. The van der Waals surface area contributed by atoms with Crippen LogP contribution in [0.25, 0.3) is 10.9 Å². The van der Waals surface area contributed by atoms with E-state index in [0.717, 1.165) is 16.5 Å². The Bertz CT molecular complexity index is 1160. The molecule has 9 nitrogen and oxygen atoms in total. The van der Waals surface area contributed by atoms with E-state index in [2.05, 4.69) is 10.3 Å². The van der Waals surface area contributed by atoms with Gasteiger partial charge in [-0.25, -0.2) is 9.59 Å². The van der Waals surface area contributed by atoms with Crippen LogP contribution >= 0.6 is 0 Å². The van der Waals surface area contributed by atoms with Crippen LogP contribution in [0.15, 0.2) is 41.0 Å². The molecule has 2 N–H and O–H groups in total. The van der Waals surface area contributed by atoms with Gasteiger partial charge >= 0.3 is 17.7 Å². The van der Waals surface area contributed by atoms with Crippen molar-refractivity contribution >= 4 is 34.4 Å². The minimum atomic E-state index is -1.46. The van der Waals surface area contributed by atoms with Crippen molar-refractivity contribution in [2.24, 2.45) is 0 Å². The van der Waals surface area contributed by atoms with E-state index in [1.54, 1.807) is 18.2 Å². The highest BCUT2D eigenvalue weighted by molar-refractivity contribution is 6.31. The van der Waals surface area contributed by atoms with E-state index < -0.39 is 17.7 Å². The average molecular weight is 409 g/mol. The summed E-state index contributed by atoms with van der Waals surface area (Å²) in [6.45, 7) is 0. The van der Waals surface area contributed by atoms with E-state index in [1.165, 1.54) is 6.26 Å². The summed E-state index contributed by atoms with van der Waals surface area (Å²) < 4.78 is 16.0. The number of nitrogens with one attached hydrogen (secondary N) is 2. The summed E-state index contributed by atoms with van der Waals surface area (Å²) in [7, 11) is 3.84. The minimum absolute atomic E-state index is 0.0171. The lowest BCUT2D eigenvalue weighted by Crippen LogP contribution is -2.44. The summed E-state index contributed by atoms with van der Waals surface area (Å²) >= 11 is 0. The Morgan fingerprint density at radius 2 is 1.97 bits per heavy atom. The molecule has 1 aliphatic heterocycles.